The van der Waals surface area contributed by atoms with Gasteiger partial charge in [-0.2, -0.15) is 0 Å². The van der Waals surface area contributed by atoms with Gasteiger partial charge in [0.2, 0.25) is 5.91 Å². The molecule has 4 nitrogen and oxygen atoms in total. The normalized spacial score (nSPS) is 11.8. The van der Waals surface area contributed by atoms with Crippen molar-refractivity contribution in [3.05, 3.63) is 35.4 Å². The molecule has 1 unspecified atom stereocenters. The maximum atomic E-state index is 13.5. The van der Waals surface area contributed by atoms with Crippen molar-refractivity contribution >= 4 is 11.8 Å². The highest BCUT2D eigenvalue weighted by molar-refractivity contribution is 5.94. The van der Waals surface area contributed by atoms with Gasteiger partial charge in [-0.1, -0.05) is 32.6 Å². The lowest BCUT2D eigenvalue weighted by atomic mass is 10.1. The maximum absolute atomic E-state index is 13.5. The monoisotopic (exact) mass is 340 g/mol. The fourth-order valence-corrected chi connectivity index (χ4v) is 2.35. The van der Waals surface area contributed by atoms with E-state index in [1.165, 1.54) is 12.8 Å². The van der Waals surface area contributed by atoms with Crippen LogP contribution in [-0.4, -0.2) is 24.4 Å². The van der Waals surface area contributed by atoms with Gasteiger partial charge in [-0.3, -0.25) is 9.59 Å². The lowest BCUT2D eigenvalue weighted by Crippen LogP contribution is -2.35. The summed E-state index contributed by atoms with van der Waals surface area (Å²) in [5.41, 5.74) is -0.235. The minimum absolute atomic E-state index is 0.0969. The molecule has 0 radical (unpaired) electrons. The fraction of sp³-hybridized carbons (Fsp3) is 0.556. The number of halogens is 2. The summed E-state index contributed by atoms with van der Waals surface area (Å²) in [7, 11) is 0. The summed E-state index contributed by atoms with van der Waals surface area (Å²) >= 11 is 0. The van der Waals surface area contributed by atoms with E-state index in [2.05, 4.69) is 17.6 Å². The van der Waals surface area contributed by atoms with Crippen molar-refractivity contribution in [1.29, 1.82) is 0 Å². The van der Waals surface area contributed by atoms with E-state index in [1.807, 2.05) is 6.92 Å². The molecule has 0 aromatic heterocycles. The molecule has 0 aliphatic rings. The van der Waals surface area contributed by atoms with Crippen LogP contribution < -0.4 is 10.6 Å². The van der Waals surface area contributed by atoms with Gasteiger partial charge in [0, 0.05) is 25.1 Å². The largest absolute Gasteiger partial charge is 0.354 e. The van der Waals surface area contributed by atoms with E-state index in [-0.39, 0.29) is 30.5 Å². The Labute approximate surface area is 142 Å². The molecule has 6 heteroatoms. The lowest BCUT2D eigenvalue weighted by Gasteiger charge is -2.14. The summed E-state index contributed by atoms with van der Waals surface area (Å²) in [6.45, 7) is 4.21. The van der Waals surface area contributed by atoms with Crippen LogP contribution in [-0.2, 0) is 4.79 Å². The first-order valence-electron chi connectivity index (χ1n) is 8.46. The summed E-state index contributed by atoms with van der Waals surface area (Å²) in [6, 6.07) is 2.85. The van der Waals surface area contributed by atoms with Gasteiger partial charge < -0.3 is 10.6 Å². The van der Waals surface area contributed by atoms with Crippen molar-refractivity contribution in [3.63, 3.8) is 0 Å². The molecule has 0 bridgehead atoms. The van der Waals surface area contributed by atoms with Gasteiger partial charge in [0.25, 0.3) is 5.91 Å². The molecule has 134 valence electrons. The average Bonchev–Trinajstić information content (AvgIpc) is 2.51. The van der Waals surface area contributed by atoms with Crippen molar-refractivity contribution in [1.82, 2.24) is 10.6 Å². The van der Waals surface area contributed by atoms with Crippen molar-refractivity contribution < 1.29 is 18.4 Å². The van der Waals surface area contributed by atoms with Crippen LogP contribution in [0.2, 0.25) is 0 Å². The van der Waals surface area contributed by atoms with Crippen LogP contribution in [0.15, 0.2) is 18.2 Å². The topological polar surface area (TPSA) is 58.2 Å². The molecule has 0 heterocycles. The Morgan fingerprint density at radius 3 is 2.58 bits per heavy atom. The zero-order chi connectivity index (χ0) is 17.9. The van der Waals surface area contributed by atoms with Gasteiger partial charge in [-0.25, -0.2) is 8.78 Å². The second-order valence-corrected chi connectivity index (χ2v) is 5.95. The summed E-state index contributed by atoms with van der Waals surface area (Å²) in [6.07, 6.45) is 5.67. The van der Waals surface area contributed by atoms with Crippen LogP contribution in [0.3, 0.4) is 0 Å². The Kier molecular flexibility index (Phi) is 8.97. The number of rotatable bonds is 10. The van der Waals surface area contributed by atoms with Crippen LogP contribution in [0.5, 0.6) is 0 Å². The van der Waals surface area contributed by atoms with E-state index in [0.717, 1.165) is 31.4 Å². The molecule has 1 rings (SSSR count). The van der Waals surface area contributed by atoms with Gasteiger partial charge in [-0.15, -0.1) is 0 Å². The second-order valence-electron chi connectivity index (χ2n) is 5.95. The van der Waals surface area contributed by atoms with E-state index in [4.69, 9.17) is 0 Å². The molecule has 24 heavy (non-hydrogen) atoms. The number of carbonyl (C=O) groups is 2. The molecule has 0 saturated carbocycles. The molecule has 1 atom stereocenters. The van der Waals surface area contributed by atoms with Gasteiger partial charge >= 0.3 is 0 Å². The van der Waals surface area contributed by atoms with Crippen LogP contribution >= 0.6 is 0 Å². The van der Waals surface area contributed by atoms with Crippen molar-refractivity contribution in [3.8, 4) is 0 Å². The Balaban J connectivity index is 2.26. The molecule has 0 aliphatic heterocycles. The molecule has 1 aromatic rings. The predicted octanol–water partition coefficient (Wildman–Crippen LogP) is 3.56. The highest BCUT2D eigenvalue weighted by atomic mass is 19.1. The molecule has 0 saturated heterocycles. The van der Waals surface area contributed by atoms with Crippen LogP contribution in [0, 0.1) is 11.6 Å². The third kappa shape index (κ3) is 7.53. The van der Waals surface area contributed by atoms with E-state index in [0.29, 0.717) is 6.07 Å². The SMILES string of the molecule is CCCCCCC(C)NC(=O)CCNC(=O)c1ccc(F)cc1F. The number of hydrogen-bond acceptors (Lipinski definition) is 2. The smallest absolute Gasteiger partial charge is 0.254 e. The Bertz CT molecular complexity index is 550. The molecule has 2 N–H and O–H groups in total. The Hall–Kier alpha value is -1.98. The first-order chi connectivity index (χ1) is 11.4. The van der Waals surface area contributed by atoms with E-state index < -0.39 is 17.5 Å². The summed E-state index contributed by atoms with van der Waals surface area (Å²) in [4.78, 5) is 23.6. The number of nitrogens with one attached hydrogen (secondary N) is 2. The Morgan fingerprint density at radius 2 is 1.92 bits per heavy atom. The summed E-state index contributed by atoms with van der Waals surface area (Å²) < 4.78 is 26.2. The molecule has 0 spiro atoms. The standard InChI is InChI=1S/C18H26F2N2O2/c1-3-4-5-6-7-13(2)22-17(23)10-11-21-18(24)15-9-8-14(19)12-16(15)20/h8-9,12-13H,3-7,10-11H2,1-2H3,(H,21,24)(H,22,23). The van der Waals surface area contributed by atoms with Crippen molar-refractivity contribution in [2.45, 2.75) is 58.4 Å². The third-order valence-electron chi connectivity index (χ3n) is 3.71. The maximum Gasteiger partial charge on any atom is 0.254 e. The van der Waals surface area contributed by atoms with E-state index >= 15 is 0 Å². The molecular formula is C18H26F2N2O2. The van der Waals surface area contributed by atoms with Gasteiger partial charge in [-0.05, 0) is 25.5 Å². The molecule has 1 aromatic carbocycles. The number of carbonyl (C=O) groups excluding carboxylic acids is 2. The predicted molar refractivity (Wildman–Crippen MR) is 89.7 cm³/mol. The van der Waals surface area contributed by atoms with Gasteiger partial charge in [0.15, 0.2) is 0 Å². The zero-order valence-corrected chi connectivity index (χ0v) is 14.3. The minimum Gasteiger partial charge on any atom is -0.354 e. The quantitative estimate of drug-likeness (QED) is 0.640. The third-order valence-corrected chi connectivity index (χ3v) is 3.71. The second kappa shape index (κ2) is 10.7. The van der Waals surface area contributed by atoms with E-state index in [1.54, 1.807) is 0 Å². The van der Waals surface area contributed by atoms with Crippen molar-refractivity contribution in [2.75, 3.05) is 6.54 Å². The molecule has 0 aliphatic carbocycles. The zero-order valence-electron chi connectivity index (χ0n) is 14.3. The fourth-order valence-electron chi connectivity index (χ4n) is 2.35. The highest BCUT2D eigenvalue weighted by Gasteiger charge is 2.13. The molecular weight excluding hydrogens is 314 g/mol. The lowest BCUT2D eigenvalue weighted by molar-refractivity contribution is -0.121. The van der Waals surface area contributed by atoms with E-state index in [9.17, 15) is 18.4 Å². The van der Waals surface area contributed by atoms with Gasteiger partial charge in [0.1, 0.15) is 11.6 Å². The number of benzene rings is 1. The highest BCUT2D eigenvalue weighted by Crippen LogP contribution is 2.09. The average molecular weight is 340 g/mol. The van der Waals surface area contributed by atoms with Crippen molar-refractivity contribution in [2.24, 2.45) is 0 Å². The number of amides is 2. The summed E-state index contributed by atoms with van der Waals surface area (Å²) in [5, 5.41) is 5.34. The Morgan fingerprint density at radius 1 is 1.17 bits per heavy atom. The first-order valence-corrected chi connectivity index (χ1v) is 8.46. The molecule has 2 amide bonds. The number of unbranched alkanes of at least 4 members (excludes halogenated alkanes) is 3. The van der Waals surface area contributed by atoms with Crippen LogP contribution in [0.1, 0.15) is 62.7 Å². The van der Waals surface area contributed by atoms with Crippen LogP contribution in [0.4, 0.5) is 8.78 Å². The van der Waals surface area contributed by atoms with Crippen LogP contribution in [0.25, 0.3) is 0 Å². The summed E-state index contributed by atoms with van der Waals surface area (Å²) in [5.74, 6) is -2.47. The first kappa shape index (κ1) is 20.1. The van der Waals surface area contributed by atoms with Gasteiger partial charge in [0.05, 0.1) is 5.56 Å². The molecule has 0 fully saturated rings. The number of hydrogen-bond donors (Lipinski definition) is 2. The minimum atomic E-state index is -0.919.